The summed E-state index contributed by atoms with van der Waals surface area (Å²) in [5.41, 5.74) is 5.40. The van der Waals surface area contributed by atoms with Crippen molar-refractivity contribution in [2.24, 2.45) is 0 Å². The Bertz CT molecular complexity index is 674. The largest absolute Gasteiger partial charge is 0.371 e. The summed E-state index contributed by atoms with van der Waals surface area (Å²) < 4.78 is 0. The molecule has 2 heterocycles. The lowest BCUT2D eigenvalue weighted by Crippen LogP contribution is -2.21. The van der Waals surface area contributed by atoms with Crippen molar-refractivity contribution in [2.45, 2.75) is 44.9 Å². The van der Waals surface area contributed by atoms with Gasteiger partial charge in [-0.15, -0.1) is 0 Å². The minimum atomic E-state index is 0.818. The SMILES string of the molecule is Clc1ccc2nc3c(c(N4CCCC4)c2c1)CCCCC3. The van der Waals surface area contributed by atoms with Crippen molar-refractivity contribution in [3.05, 3.63) is 34.5 Å². The molecule has 1 aliphatic heterocycles. The molecule has 2 aliphatic rings. The van der Waals surface area contributed by atoms with Crippen molar-refractivity contribution in [3.8, 4) is 0 Å². The summed E-state index contributed by atoms with van der Waals surface area (Å²) in [6.07, 6.45) is 8.82. The van der Waals surface area contributed by atoms with E-state index in [1.807, 2.05) is 6.07 Å². The molecule has 2 nitrogen and oxygen atoms in total. The summed E-state index contributed by atoms with van der Waals surface area (Å²) in [5.74, 6) is 0. The first-order valence-corrected chi connectivity index (χ1v) is 8.57. The minimum Gasteiger partial charge on any atom is -0.371 e. The Labute approximate surface area is 131 Å². The third-order valence-electron chi connectivity index (χ3n) is 4.87. The molecule has 1 aromatic heterocycles. The molecule has 110 valence electrons. The highest BCUT2D eigenvalue weighted by atomic mass is 35.5. The normalized spacial score (nSPS) is 18.8. The van der Waals surface area contributed by atoms with E-state index in [0.29, 0.717) is 0 Å². The van der Waals surface area contributed by atoms with Crippen LogP contribution in [0.4, 0.5) is 5.69 Å². The third kappa shape index (κ3) is 2.40. The van der Waals surface area contributed by atoms with Gasteiger partial charge in [0.1, 0.15) is 0 Å². The highest BCUT2D eigenvalue weighted by molar-refractivity contribution is 6.31. The lowest BCUT2D eigenvalue weighted by Gasteiger charge is -2.25. The van der Waals surface area contributed by atoms with E-state index in [1.54, 1.807) is 0 Å². The number of hydrogen-bond acceptors (Lipinski definition) is 2. The molecular formula is C18H21ClN2. The molecule has 0 N–H and O–H groups in total. The van der Waals surface area contributed by atoms with Crippen LogP contribution in [0.15, 0.2) is 18.2 Å². The average molecular weight is 301 g/mol. The number of benzene rings is 1. The van der Waals surface area contributed by atoms with Gasteiger partial charge in [-0.1, -0.05) is 18.0 Å². The minimum absolute atomic E-state index is 0.818. The predicted molar refractivity (Wildman–Crippen MR) is 89.5 cm³/mol. The number of halogens is 1. The molecule has 1 aromatic carbocycles. The lowest BCUT2D eigenvalue weighted by molar-refractivity contribution is 0.708. The molecule has 0 unspecified atom stereocenters. The Hall–Kier alpha value is -1.28. The van der Waals surface area contributed by atoms with E-state index >= 15 is 0 Å². The van der Waals surface area contributed by atoms with Gasteiger partial charge in [0.2, 0.25) is 0 Å². The maximum Gasteiger partial charge on any atom is 0.0727 e. The zero-order valence-electron chi connectivity index (χ0n) is 12.4. The highest BCUT2D eigenvalue weighted by Crippen LogP contribution is 2.37. The van der Waals surface area contributed by atoms with Crippen LogP contribution < -0.4 is 4.90 Å². The topological polar surface area (TPSA) is 16.1 Å². The molecule has 0 amide bonds. The standard InChI is InChI=1S/C18H21ClN2/c19-13-8-9-17-15(12-13)18(21-10-4-5-11-21)14-6-2-1-3-7-16(14)20-17/h8-9,12H,1-7,10-11H2. The third-order valence-corrected chi connectivity index (χ3v) is 5.10. The molecule has 0 saturated carbocycles. The van der Waals surface area contributed by atoms with E-state index in [4.69, 9.17) is 16.6 Å². The first kappa shape index (κ1) is 13.4. The van der Waals surface area contributed by atoms with Crippen LogP contribution in [0.1, 0.15) is 43.4 Å². The van der Waals surface area contributed by atoms with Gasteiger partial charge in [-0.25, -0.2) is 0 Å². The molecule has 0 atom stereocenters. The number of aromatic nitrogens is 1. The molecule has 1 fully saturated rings. The highest BCUT2D eigenvalue weighted by Gasteiger charge is 2.23. The Morgan fingerprint density at radius 3 is 2.62 bits per heavy atom. The van der Waals surface area contributed by atoms with Crippen molar-refractivity contribution in [1.82, 2.24) is 4.98 Å². The van der Waals surface area contributed by atoms with Crippen LogP contribution in [0.5, 0.6) is 0 Å². The summed E-state index contributed by atoms with van der Waals surface area (Å²) >= 11 is 6.27. The molecule has 0 bridgehead atoms. The summed E-state index contributed by atoms with van der Waals surface area (Å²) in [6, 6.07) is 6.17. The number of anilines is 1. The molecule has 0 radical (unpaired) electrons. The van der Waals surface area contributed by atoms with Crippen LogP contribution in [-0.4, -0.2) is 18.1 Å². The second-order valence-electron chi connectivity index (χ2n) is 6.30. The molecule has 4 rings (SSSR count). The van der Waals surface area contributed by atoms with Crippen LogP contribution in [0, 0.1) is 0 Å². The van der Waals surface area contributed by atoms with Crippen LogP contribution in [0.25, 0.3) is 10.9 Å². The fraction of sp³-hybridized carbons (Fsp3) is 0.500. The van der Waals surface area contributed by atoms with E-state index in [9.17, 15) is 0 Å². The quantitative estimate of drug-likeness (QED) is 0.706. The lowest BCUT2D eigenvalue weighted by atomic mass is 10.0. The van der Waals surface area contributed by atoms with Gasteiger partial charge in [0.15, 0.2) is 0 Å². The van der Waals surface area contributed by atoms with Crippen molar-refractivity contribution >= 4 is 28.2 Å². The molecule has 0 spiro atoms. The molecular weight excluding hydrogens is 280 g/mol. The number of rotatable bonds is 1. The van der Waals surface area contributed by atoms with Gasteiger partial charge in [0, 0.05) is 29.2 Å². The van der Waals surface area contributed by atoms with Gasteiger partial charge >= 0.3 is 0 Å². The van der Waals surface area contributed by atoms with E-state index < -0.39 is 0 Å². The van der Waals surface area contributed by atoms with Gasteiger partial charge in [-0.2, -0.15) is 0 Å². The van der Waals surface area contributed by atoms with E-state index in [0.717, 1.165) is 17.0 Å². The van der Waals surface area contributed by atoms with Crippen molar-refractivity contribution < 1.29 is 0 Å². The molecule has 1 saturated heterocycles. The van der Waals surface area contributed by atoms with Gasteiger partial charge in [-0.3, -0.25) is 4.98 Å². The zero-order chi connectivity index (χ0) is 14.2. The first-order valence-electron chi connectivity index (χ1n) is 8.19. The summed E-state index contributed by atoms with van der Waals surface area (Å²) in [7, 11) is 0. The van der Waals surface area contributed by atoms with Gasteiger partial charge in [-0.05, 0) is 62.3 Å². The Morgan fingerprint density at radius 1 is 0.952 bits per heavy atom. The maximum absolute atomic E-state index is 6.27. The second kappa shape index (κ2) is 5.49. The fourth-order valence-corrected chi connectivity index (χ4v) is 4.02. The molecule has 2 aromatic rings. The summed E-state index contributed by atoms with van der Waals surface area (Å²) in [4.78, 5) is 7.54. The maximum atomic E-state index is 6.27. The predicted octanol–water partition coefficient (Wildman–Crippen LogP) is 4.76. The first-order chi connectivity index (χ1) is 10.3. The second-order valence-corrected chi connectivity index (χ2v) is 6.74. The van der Waals surface area contributed by atoms with Crippen molar-refractivity contribution in [1.29, 1.82) is 0 Å². The zero-order valence-corrected chi connectivity index (χ0v) is 13.1. The van der Waals surface area contributed by atoms with Crippen LogP contribution in [-0.2, 0) is 12.8 Å². The van der Waals surface area contributed by atoms with Crippen molar-refractivity contribution in [2.75, 3.05) is 18.0 Å². The molecule has 1 aliphatic carbocycles. The molecule has 21 heavy (non-hydrogen) atoms. The smallest absolute Gasteiger partial charge is 0.0727 e. The Balaban J connectivity index is 1.99. The van der Waals surface area contributed by atoms with Gasteiger partial charge in [0.05, 0.1) is 11.2 Å². The summed E-state index contributed by atoms with van der Waals surface area (Å²) in [6.45, 7) is 2.36. The molecule has 3 heteroatoms. The van der Waals surface area contributed by atoms with Crippen LogP contribution in [0.3, 0.4) is 0 Å². The van der Waals surface area contributed by atoms with E-state index in [2.05, 4.69) is 17.0 Å². The van der Waals surface area contributed by atoms with Crippen LogP contribution >= 0.6 is 11.6 Å². The Kier molecular flexibility index (Phi) is 3.50. The van der Waals surface area contributed by atoms with Crippen molar-refractivity contribution in [3.63, 3.8) is 0 Å². The van der Waals surface area contributed by atoms with E-state index in [-0.39, 0.29) is 0 Å². The summed E-state index contributed by atoms with van der Waals surface area (Å²) in [5, 5.41) is 2.07. The van der Waals surface area contributed by atoms with Gasteiger partial charge in [0.25, 0.3) is 0 Å². The number of aryl methyl sites for hydroxylation is 1. The number of pyridine rings is 1. The van der Waals surface area contributed by atoms with E-state index in [1.165, 1.54) is 73.9 Å². The number of hydrogen-bond donors (Lipinski definition) is 0. The monoisotopic (exact) mass is 300 g/mol. The fourth-order valence-electron chi connectivity index (χ4n) is 3.85. The average Bonchev–Trinajstić information content (AvgIpc) is 2.91. The number of fused-ring (bicyclic) bond motifs is 2. The van der Waals surface area contributed by atoms with Gasteiger partial charge < -0.3 is 4.90 Å². The number of nitrogens with zero attached hydrogens (tertiary/aromatic N) is 2. The Morgan fingerprint density at radius 2 is 1.76 bits per heavy atom. The van der Waals surface area contributed by atoms with Crippen LogP contribution in [0.2, 0.25) is 5.02 Å².